The fourth-order valence-electron chi connectivity index (χ4n) is 2.45. The van der Waals surface area contributed by atoms with Gasteiger partial charge in [-0.3, -0.25) is 0 Å². The molecule has 1 aromatic carbocycles. The smallest absolute Gasteiger partial charge is 0.00855 e. The maximum absolute atomic E-state index is 2.40. The molecule has 16 heavy (non-hydrogen) atoms. The van der Waals surface area contributed by atoms with Crippen LogP contribution in [0.15, 0.2) is 24.3 Å². The quantitative estimate of drug-likeness (QED) is 0.619. The van der Waals surface area contributed by atoms with Gasteiger partial charge in [0.15, 0.2) is 0 Å². The van der Waals surface area contributed by atoms with Crippen molar-refractivity contribution in [2.75, 3.05) is 0 Å². The molecule has 0 bridgehead atoms. The van der Waals surface area contributed by atoms with Gasteiger partial charge in [-0.1, -0.05) is 50.5 Å². The molecular formula is C16H22. The lowest BCUT2D eigenvalue weighted by Gasteiger charge is -2.06. The van der Waals surface area contributed by atoms with Gasteiger partial charge in [0.05, 0.1) is 0 Å². The lowest BCUT2D eigenvalue weighted by atomic mass is 9.99. The molecule has 2 rings (SSSR count). The molecule has 0 saturated carbocycles. The molecule has 1 aliphatic rings. The van der Waals surface area contributed by atoms with Crippen LogP contribution in [-0.4, -0.2) is 0 Å². The first-order chi connectivity index (χ1) is 7.81. The molecule has 0 spiro atoms. The number of hydrogen-bond donors (Lipinski definition) is 0. The maximum Gasteiger partial charge on any atom is -0.00855 e. The predicted molar refractivity (Wildman–Crippen MR) is 71.6 cm³/mol. The molecule has 0 radical (unpaired) electrons. The minimum absolute atomic E-state index is 1.14. The number of aryl methyl sites for hydroxylation is 1. The topological polar surface area (TPSA) is 0 Å². The van der Waals surface area contributed by atoms with E-state index in [9.17, 15) is 0 Å². The molecule has 1 aliphatic carbocycles. The van der Waals surface area contributed by atoms with E-state index in [1.54, 1.807) is 0 Å². The lowest BCUT2D eigenvalue weighted by Crippen LogP contribution is -1.90. The van der Waals surface area contributed by atoms with Crippen molar-refractivity contribution in [3.8, 4) is 0 Å². The number of allylic oxidation sites excluding steroid dienone is 2. The first-order valence-corrected chi connectivity index (χ1v) is 6.60. The van der Waals surface area contributed by atoms with Gasteiger partial charge in [0.1, 0.15) is 0 Å². The second-order valence-corrected chi connectivity index (χ2v) is 4.89. The van der Waals surface area contributed by atoms with E-state index < -0.39 is 0 Å². The monoisotopic (exact) mass is 214 g/mol. The number of fused-ring (bicyclic) bond motifs is 1. The van der Waals surface area contributed by atoms with Gasteiger partial charge in [-0.25, -0.2) is 0 Å². The molecule has 0 unspecified atom stereocenters. The van der Waals surface area contributed by atoms with E-state index in [1.807, 2.05) is 0 Å². The molecule has 0 aliphatic heterocycles. The van der Waals surface area contributed by atoms with Gasteiger partial charge in [-0.15, -0.1) is 0 Å². The third-order valence-electron chi connectivity index (χ3n) is 3.55. The molecule has 0 amide bonds. The molecule has 0 nitrogen and oxygen atoms in total. The molecule has 0 heteroatoms. The average Bonchev–Trinajstić information content (AvgIpc) is 2.67. The SMILES string of the molecule is CCCCCCc1ccc2c(c1)C(C)=CC2. The maximum atomic E-state index is 2.40. The Hall–Kier alpha value is -1.04. The highest BCUT2D eigenvalue weighted by Gasteiger charge is 2.10. The zero-order chi connectivity index (χ0) is 11.4. The van der Waals surface area contributed by atoms with Gasteiger partial charge >= 0.3 is 0 Å². The highest BCUT2D eigenvalue weighted by Crippen LogP contribution is 2.28. The summed E-state index contributed by atoms with van der Waals surface area (Å²) in [5.74, 6) is 0. The Morgan fingerprint density at radius 1 is 1.12 bits per heavy atom. The molecule has 0 heterocycles. The number of unbranched alkanes of at least 4 members (excludes halogenated alkanes) is 3. The van der Waals surface area contributed by atoms with Crippen LogP contribution in [0.25, 0.3) is 5.57 Å². The Morgan fingerprint density at radius 2 is 2.00 bits per heavy atom. The third-order valence-corrected chi connectivity index (χ3v) is 3.55. The fraction of sp³-hybridized carbons (Fsp3) is 0.500. The van der Waals surface area contributed by atoms with Gasteiger partial charge in [0.25, 0.3) is 0 Å². The van der Waals surface area contributed by atoms with E-state index in [-0.39, 0.29) is 0 Å². The van der Waals surface area contributed by atoms with Crippen LogP contribution in [-0.2, 0) is 12.8 Å². The van der Waals surface area contributed by atoms with Crippen LogP contribution in [0.1, 0.15) is 56.2 Å². The van der Waals surface area contributed by atoms with E-state index in [2.05, 4.69) is 38.1 Å². The van der Waals surface area contributed by atoms with Crippen molar-refractivity contribution in [2.24, 2.45) is 0 Å². The van der Waals surface area contributed by atoms with E-state index in [0.717, 1.165) is 6.42 Å². The van der Waals surface area contributed by atoms with E-state index in [1.165, 1.54) is 54.4 Å². The summed E-state index contributed by atoms with van der Waals surface area (Å²) in [6.45, 7) is 4.50. The molecule has 1 aromatic rings. The summed E-state index contributed by atoms with van der Waals surface area (Å²) in [4.78, 5) is 0. The second-order valence-electron chi connectivity index (χ2n) is 4.89. The van der Waals surface area contributed by atoms with Crippen molar-refractivity contribution < 1.29 is 0 Å². The van der Waals surface area contributed by atoms with Crippen molar-refractivity contribution in [1.82, 2.24) is 0 Å². The highest BCUT2D eigenvalue weighted by molar-refractivity contribution is 5.71. The predicted octanol–water partition coefficient (Wildman–Crippen LogP) is 4.77. The summed E-state index contributed by atoms with van der Waals surface area (Å²) in [6.07, 6.45) is 10.1. The van der Waals surface area contributed by atoms with Crippen LogP contribution in [0.2, 0.25) is 0 Å². The normalized spacial score (nSPS) is 13.8. The standard InChI is InChI=1S/C16H22/c1-3-4-5-6-7-14-9-11-15-10-8-13(2)16(15)12-14/h8-9,11-12H,3-7,10H2,1-2H3. The number of benzene rings is 1. The largest absolute Gasteiger partial charge is 0.0766 e. The van der Waals surface area contributed by atoms with E-state index in [0.29, 0.717) is 0 Å². The van der Waals surface area contributed by atoms with Gasteiger partial charge < -0.3 is 0 Å². The summed E-state index contributed by atoms with van der Waals surface area (Å²) in [5, 5.41) is 0. The summed E-state index contributed by atoms with van der Waals surface area (Å²) in [6, 6.07) is 7.04. The zero-order valence-corrected chi connectivity index (χ0v) is 10.6. The van der Waals surface area contributed by atoms with Crippen LogP contribution in [0.4, 0.5) is 0 Å². The Balaban J connectivity index is 1.96. The van der Waals surface area contributed by atoms with Crippen LogP contribution < -0.4 is 0 Å². The van der Waals surface area contributed by atoms with Crippen molar-refractivity contribution in [3.63, 3.8) is 0 Å². The van der Waals surface area contributed by atoms with Crippen molar-refractivity contribution >= 4 is 5.57 Å². The number of hydrogen-bond acceptors (Lipinski definition) is 0. The van der Waals surface area contributed by atoms with Gasteiger partial charge in [-0.05, 0) is 48.4 Å². The summed E-state index contributed by atoms with van der Waals surface area (Å²) in [5.41, 5.74) is 5.98. The summed E-state index contributed by atoms with van der Waals surface area (Å²) >= 11 is 0. The van der Waals surface area contributed by atoms with Crippen LogP contribution >= 0.6 is 0 Å². The van der Waals surface area contributed by atoms with Crippen molar-refractivity contribution in [3.05, 3.63) is 41.0 Å². The molecule has 0 fully saturated rings. The molecule has 0 aromatic heterocycles. The minimum atomic E-state index is 1.14. The second kappa shape index (κ2) is 5.34. The van der Waals surface area contributed by atoms with E-state index >= 15 is 0 Å². The molecule has 0 saturated heterocycles. The minimum Gasteiger partial charge on any atom is -0.0766 e. The first kappa shape index (κ1) is 11.4. The molecule has 0 N–H and O–H groups in total. The van der Waals surface area contributed by atoms with Crippen molar-refractivity contribution in [1.29, 1.82) is 0 Å². The fourth-order valence-corrected chi connectivity index (χ4v) is 2.45. The summed E-state index contributed by atoms with van der Waals surface area (Å²) in [7, 11) is 0. The summed E-state index contributed by atoms with van der Waals surface area (Å²) < 4.78 is 0. The van der Waals surface area contributed by atoms with Gasteiger partial charge in [0.2, 0.25) is 0 Å². The van der Waals surface area contributed by atoms with Crippen LogP contribution in [0.5, 0.6) is 0 Å². The highest BCUT2D eigenvalue weighted by atomic mass is 14.1. The average molecular weight is 214 g/mol. The third kappa shape index (κ3) is 2.55. The van der Waals surface area contributed by atoms with Gasteiger partial charge in [0, 0.05) is 0 Å². The van der Waals surface area contributed by atoms with E-state index in [4.69, 9.17) is 0 Å². The lowest BCUT2D eigenvalue weighted by molar-refractivity contribution is 0.667. The Kier molecular flexibility index (Phi) is 3.82. The van der Waals surface area contributed by atoms with Gasteiger partial charge in [-0.2, -0.15) is 0 Å². The zero-order valence-electron chi connectivity index (χ0n) is 10.6. The molecular weight excluding hydrogens is 192 g/mol. The number of rotatable bonds is 5. The Labute approximate surface area is 99.4 Å². The van der Waals surface area contributed by atoms with Crippen LogP contribution in [0, 0.1) is 0 Å². The Morgan fingerprint density at radius 3 is 2.81 bits per heavy atom. The molecule has 0 atom stereocenters. The Bertz CT molecular complexity index is 385. The first-order valence-electron chi connectivity index (χ1n) is 6.60. The molecule has 86 valence electrons. The van der Waals surface area contributed by atoms with Crippen LogP contribution in [0.3, 0.4) is 0 Å². The van der Waals surface area contributed by atoms with Crippen molar-refractivity contribution in [2.45, 2.75) is 52.4 Å².